The molecule has 22 heavy (non-hydrogen) atoms. The van der Waals surface area contributed by atoms with Crippen LogP contribution in [0.15, 0.2) is 36.4 Å². The van der Waals surface area contributed by atoms with E-state index in [4.69, 9.17) is 11.6 Å². The third-order valence-corrected chi connectivity index (χ3v) is 5.54. The van der Waals surface area contributed by atoms with E-state index in [-0.39, 0.29) is 5.92 Å². The lowest BCUT2D eigenvalue weighted by atomic mass is 9.76. The second-order valence-electron chi connectivity index (χ2n) is 6.59. The predicted octanol–water partition coefficient (Wildman–Crippen LogP) is 3.93. The molecule has 2 aliphatic heterocycles. The van der Waals surface area contributed by atoms with Crippen LogP contribution in [-0.4, -0.2) is 35.7 Å². The molecule has 2 aliphatic rings. The highest BCUT2D eigenvalue weighted by molar-refractivity contribution is 6.18. The van der Waals surface area contributed by atoms with E-state index < -0.39 is 0 Å². The summed E-state index contributed by atoms with van der Waals surface area (Å²) in [6.45, 7) is 3.03. The van der Waals surface area contributed by atoms with Crippen LogP contribution < -0.4 is 0 Å². The minimum absolute atomic E-state index is 0.117. The molecular formula is C19H24ClNO. The van der Waals surface area contributed by atoms with Crippen LogP contribution in [0.25, 0.3) is 0 Å². The molecule has 3 unspecified atom stereocenters. The van der Waals surface area contributed by atoms with Gasteiger partial charge in [0, 0.05) is 30.4 Å². The molecule has 3 heteroatoms. The number of allylic oxidation sites excluding steroid dienone is 1. The van der Waals surface area contributed by atoms with E-state index in [1.54, 1.807) is 0 Å². The smallest absolute Gasteiger partial charge is 0.125 e. The van der Waals surface area contributed by atoms with E-state index in [0.29, 0.717) is 23.9 Å². The number of rotatable bonds is 5. The Labute approximate surface area is 138 Å². The van der Waals surface area contributed by atoms with Crippen molar-refractivity contribution in [1.82, 2.24) is 4.90 Å². The monoisotopic (exact) mass is 317 g/mol. The third-order valence-electron chi connectivity index (χ3n) is 5.36. The summed E-state index contributed by atoms with van der Waals surface area (Å²) in [5.74, 6) is 1.06. The zero-order valence-electron chi connectivity index (χ0n) is 13.1. The fourth-order valence-corrected chi connectivity index (χ4v) is 4.38. The second-order valence-corrected chi connectivity index (χ2v) is 6.90. The molecule has 0 aliphatic carbocycles. The van der Waals surface area contributed by atoms with Gasteiger partial charge in [-0.25, -0.2) is 0 Å². The maximum absolute atomic E-state index is 11.8. The molecule has 2 heterocycles. The van der Waals surface area contributed by atoms with Crippen molar-refractivity contribution in [2.24, 2.45) is 5.92 Å². The van der Waals surface area contributed by atoms with Crippen molar-refractivity contribution in [3.63, 3.8) is 0 Å². The standard InChI is InChI=1S/C19H24ClNO/c1-14-4-6-15(7-5-14)17-12-16-8-9-19(18(17)13-22)21(16)11-3-2-10-20/h2-7,13,16-19H,8-12H2,1H3/b3-2+/t16?,17-,18?,19?/m1/s1. The average molecular weight is 318 g/mol. The van der Waals surface area contributed by atoms with Crippen molar-refractivity contribution < 1.29 is 4.79 Å². The van der Waals surface area contributed by atoms with Gasteiger partial charge in [0.25, 0.3) is 0 Å². The number of aryl methyl sites for hydroxylation is 1. The summed E-state index contributed by atoms with van der Waals surface area (Å²) in [7, 11) is 0. The molecule has 0 radical (unpaired) electrons. The number of hydrogen-bond acceptors (Lipinski definition) is 2. The largest absolute Gasteiger partial charge is 0.303 e. The van der Waals surface area contributed by atoms with Crippen LogP contribution in [-0.2, 0) is 4.79 Å². The van der Waals surface area contributed by atoms with E-state index in [2.05, 4.69) is 42.2 Å². The molecular weight excluding hydrogens is 294 g/mol. The first kappa shape index (κ1) is 15.8. The van der Waals surface area contributed by atoms with Crippen molar-refractivity contribution in [2.45, 2.75) is 44.2 Å². The first-order chi connectivity index (χ1) is 10.7. The highest BCUT2D eigenvalue weighted by Crippen LogP contribution is 2.46. The minimum atomic E-state index is 0.117. The molecule has 2 fully saturated rings. The highest BCUT2D eigenvalue weighted by atomic mass is 35.5. The zero-order chi connectivity index (χ0) is 15.5. The van der Waals surface area contributed by atoms with Crippen LogP contribution in [0.4, 0.5) is 0 Å². The van der Waals surface area contributed by atoms with Gasteiger partial charge < -0.3 is 4.79 Å². The second kappa shape index (κ2) is 6.97. The van der Waals surface area contributed by atoms with Gasteiger partial charge in [-0.15, -0.1) is 11.6 Å². The van der Waals surface area contributed by atoms with Crippen molar-refractivity contribution in [3.8, 4) is 0 Å². The molecule has 3 rings (SSSR count). The van der Waals surface area contributed by atoms with Gasteiger partial charge in [0.2, 0.25) is 0 Å². The van der Waals surface area contributed by atoms with Gasteiger partial charge in [0.15, 0.2) is 0 Å². The summed E-state index contributed by atoms with van der Waals surface area (Å²) >= 11 is 5.72. The lowest BCUT2D eigenvalue weighted by molar-refractivity contribution is -0.115. The fourth-order valence-electron chi connectivity index (χ4n) is 4.25. The molecule has 0 aromatic heterocycles. The SMILES string of the molecule is Cc1ccc([C@H]2CC3CCC(C2C=O)N3C/C=C/CCl)cc1. The Morgan fingerprint density at radius 3 is 2.68 bits per heavy atom. The van der Waals surface area contributed by atoms with Crippen molar-refractivity contribution >= 4 is 17.9 Å². The van der Waals surface area contributed by atoms with E-state index in [1.807, 2.05) is 6.08 Å². The molecule has 118 valence electrons. The number of piperidine rings is 1. The summed E-state index contributed by atoms with van der Waals surface area (Å²) in [6.07, 6.45) is 8.80. The molecule has 2 bridgehead atoms. The fraction of sp³-hybridized carbons (Fsp3) is 0.526. The van der Waals surface area contributed by atoms with Crippen molar-refractivity contribution in [2.75, 3.05) is 12.4 Å². The molecule has 0 amide bonds. The van der Waals surface area contributed by atoms with E-state index in [9.17, 15) is 4.79 Å². The lowest BCUT2D eigenvalue weighted by Crippen LogP contribution is -2.48. The number of aldehydes is 1. The van der Waals surface area contributed by atoms with Gasteiger partial charge in [0.1, 0.15) is 6.29 Å². The van der Waals surface area contributed by atoms with Crippen LogP contribution in [0.1, 0.15) is 36.3 Å². The minimum Gasteiger partial charge on any atom is -0.303 e. The zero-order valence-corrected chi connectivity index (χ0v) is 13.9. The lowest BCUT2D eigenvalue weighted by Gasteiger charge is -2.42. The summed E-state index contributed by atoms with van der Waals surface area (Å²) in [5, 5.41) is 0. The topological polar surface area (TPSA) is 20.3 Å². The van der Waals surface area contributed by atoms with Crippen LogP contribution in [0.2, 0.25) is 0 Å². The molecule has 4 atom stereocenters. The van der Waals surface area contributed by atoms with Crippen LogP contribution in [0.3, 0.4) is 0 Å². The highest BCUT2D eigenvalue weighted by Gasteiger charge is 2.46. The molecule has 0 spiro atoms. The first-order valence-electron chi connectivity index (χ1n) is 8.23. The molecule has 0 N–H and O–H groups in total. The van der Waals surface area contributed by atoms with Gasteiger partial charge in [-0.3, -0.25) is 4.90 Å². The van der Waals surface area contributed by atoms with Gasteiger partial charge in [-0.05, 0) is 37.7 Å². The molecule has 2 saturated heterocycles. The van der Waals surface area contributed by atoms with Gasteiger partial charge >= 0.3 is 0 Å². The summed E-state index contributed by atoms with van der Waals surface area (Å²) < 4.78 is 0. The maximum Gasteiger partial charge on any atom is 0.125 e. The van der Waals surface area contributed by atoms with E-state index >= 15 is 0 Å². The Hall–Kier alpha value is -1.12. The number of carbonyl (C=O) groups excluding carboxylic acids is 1. The maximum atomic E-state index is 11.8. The van der Waals surface area contributed by atoms with Crippen molar-refractivity contribution in [3.05, 3.63) is 47.5 Å². The number of halogens is 1. The number of nitrogens with zero attached hydrogens (tertiary/aromatic N) is 1. The Bertz CT molecular complexity index is 539. The van der Waals surface area contributed by atoms with Gasteiger partial charge in [-0.1, -0.05) is 42.0 Å². The van der Waals surface area contributed by atoms with Crippen LogP contribution >= 0.6 is 11.6 Å². The Morgan fingerprint density at radius 2 is 2.00 bits per heavy atom. The van der Waals surface area contributed by atoms with Gasteiger partial charge in [0.05, 0.1) is 0 Å². The Balaban J connectivity index is 1.80. The summed E-state index contributed by atoms with van der Waals surface area (Å²) in [5.41, 5.74) is 2.61. The number of carbonyl (C=O) groups is 1. The molecule has 1 aromatic rings. The predicted molar refractivity (Wildman–Crippen MR) is 91.5 cm³/mol. The summed E-state index contributed by atoms with van der Waals surface area (Å²) in [6, 6.07) is 9.73. The first-order valence-corrected chi connectivity index (χ1v) is 8.76. The van der Waals surface area contributed by atoms with Crippen molar-refractivity contribution in [1.29, 1.82) is 0 Å². The molecule has 0 saturated carbocycles. The number of benzene rings is 1. The normalized spacial score (nSPS) is 31.7. The quantitative estimate of drug-likeness (QED) is 0.466. The third kappa shape index (κ3) is 3.00. The average Bonchev–Trinajstić information content (AvgIpc) is 2.81. The number of hydrogen-bond donors (Lipinski definition) is 0. The Kier molecular flexibility index (Phi) is 5.00. The van der Waals surface area contributed by atoms with E-state index in [1.165, 1.54) is 23.8 Å². The molecule has 2 nitrogen and oxygen atoms in total. The Morgan fingerprint density at radius 1 is 1.23 bits per heavy atom. The summed E-state index contributed by atoms with van der Waals surface area (Å²) in [4.78, 5) is 14.3. The van der Waals surface area contributed by atoms with Crippen LogP contribution in [0.5, 0.6) is 0 Å². The van der Waals surface area contributed by atoms with Crippen LogP contribution in [0, 0.1) is 12.8 Å². The van der Waals surface area contributed by atoms with E-state index in [0.717, 1.165) is 19.4 Å². The molecule has 1 aromatic carbocycles. The van der Waals surface area contributed by atoms with Gasteiger partial charge in [-0.2, -0.15) is 0 Å². The number of alkyl halides is 1. The number of fused-ring (bicyclic) bond motifs is 2.